The number of nitrogens with zero attached hydrogens (tertiary/aromatic N) is 2. The van der Waals surface area contributed by atoms with Crippen molar-refractivity contribution in [2.24, 2.45) is 4.99 Å². The number of rotatable bonds is 5. The van der Waals surface area contributed by atoms with Crippen molar-refractivity contribution in [1.82, 2.24) is 4.90 Å². The molecule has 4 nitrogen and oxygen atoms in total. The van der Waals surface area contributed by atoms with Crippen LogP contribution in [-0.4, -0.2) is 16.0 Å². The summed E-state index contributed by atoms with van der Waals surface area (Å²) in [6, 6.07) is 29.6. The van der Waals surface area contributed by atoms with Gasteiger partial charge in [0.25, 0.3) is 5.91 Å². The van der Waals surface area contributed by atoms with Crippen LogP contribution in [0.2, 0.25) is 0 Å². The molecule has 0 aliphatic carbocycles. The van der Waals surface area contributed by atoms with Crippen LogP contribution in [0.1, 0.15) is 16.9 Å². The Morgan fingerprint density at radius 2 is 1.71 bits per heavy atom. The lowest BCUT2D eigenvalue weighted by atomic mass is 10.1. The Balaban J connectivity index is 1.46. The van der Waals surface area contributed by atoms with E-state index in [2.05, 4.69) is 22.0 Å². The summed E-state index contributed by atoms with van der Waals surface area (Å²) < 4.78 is 7.05. The van der Waals surface area contributed by atoms with Crippen molar-refractivity contribution in [3.05, 3.63) is 117 Å². The number of amidine groups is 1. The minimum Gasteiger partial charge on any atom is -0.457 e. The number of furan rings is 1. The summed E-state index contributed by atoms with van der Waals surface area (Å²) in [5.74, 6) is 1.28. The SMILES string of the molecule is Cc1ccc(-c2ccc(/C=C3/SC(=Nc4ccccc4)N(Cc4ccccc4)C3=O)o2)c(Br)c1. The zero-order valence-electron chi connectivity index (χ0n) is 18.4. The molecule has 0 radical (unpaired) electrons. The van der Waals surface area contributed by atoms with Gasteiger partial charge in [-0.1, -0.05) is 70.5 Å². The Bertz CT molecular complexity index is 1390. The third-order valence-corrected chi connectivity index (χ3v) is 7.01. The number of aliphatic imine (C=N–C) groups is 1. The summed E-state index contributed by atoms with van der Waals surface area (Å²) in [6.45, 7) is 2.50. The number of thioether (sulfide) groups is 1. The topological polar surface area (TPSA) is 45.8 Å². The summed E-state index contributed by atoms with van der Waals surface area (Å²) in [4.78, 5) is 20.4. The monoisotopic (exact) mass is 528 g/mol. The van der Waals surface area contributed by atoms with Gasteiger partial charge in [-0.05, 0) is 66.2 Å². The lowest BCUT2D eigenvalue weighted by molar-refractivity contribution is -0.122. The van der Waals surface area contributed by atoms with Gasteiger partial charge in [0.1, 0.15) is 11.5 Å². The molecule has 1 fully saturated rings. The highest BCUT2D eigenvalue weighted by Crippen LogP contribution is 2.36. The van der Waals surface area contributed by atoms with Crippen molar-refractivity contribution in [3.63, 3.8) is 0 Å². The summed E-state index contributed by atoms with van der Waals surface area (Å²) in [5.41, 5.74) is 3.99. The first kappa shape index (κ1) is 22.4. The molecular weight excluding hydrogens is 508 g/mol. The van der Waals surface area contributed by atoms with Gasteiger partial charge >= 0.3 is 0 Å². The maximum absolute atomic E-state index is 13.4. The molecule has 6 heteroatoms. The van der Waals surface area contributed by atoms with Crippen molar-refractivity contribution >= 4 is 50.5 Å². The average molecular weight is 529 g/mol. The van der Waals surface area contributed by atoms with Crippen molar-refractivity contribution < 1.29 is 9.21 Å². The lowest BCUT2D eigenvalue weighted by Gasteiger charge is -2.15. The van der Waals surface area contributed by atoms with Gasteiger partial charge in [0.2, 0.25) is 0 Å². The maximum atomic E-state index is 13.4. The average Bonchev–Trinajstić information content (AvgIpc) is 3.41. The second-order valence-electron chi connectivity index (χ2n) is 7.90. The molecule has 1 saturated heterocycles. The van der Waals surface area contributed by atoms with Gasteiger partial charge < -0.3 is 4.42 Å². The van der Waals surface area contributed by atoms with E-state index in [-0.39, 0.29) is 5.91 Å². The van der Waals surface area contributed by atoms with Crippen LogP contribution in [-0.2, 0) is 11.3 Å². The second-order valence-corrected chi connectivity index (χ2v) is 9.77. The van der Waals surface area contributed by atoms with Gasteiger partial charge in [-0.25, -0.2) is 4.99 Å². The smallest absolute Gasteiger partial charge is 0.267 e. The highest BCUT2D eigenvalue weighted by Gasteiger charge is 2.33. The van der Waals surface area contributed by atoms with Gasteiger partial charge in [0.05, 0.1) is 17.1 Å². The van der Waals surface area contributed by atoms with Crippen LogP contribution in [0, 0.1) is 6.92 Å². The zero-order valence-corrected chi connectivity index (χ0v) is 20.8. The minimum absolute atomic E-state index is 0.0852. The van der Waals surface area contributed by atoms with Crippen molar-refractivity contribution in [2.45, 2.75) is 13.5 Å². The third-order valence-electron chi connectivity index (χ3n) is 5.34. The molecule has 34 heavy (non-hydrogen) atoms. The number of para-hydroxylation sites is 1. The first-order valence-electron chi connectivity index (χ1n) is 10.8. The van der Waals surface area contributed by atoms with E-state index in [0.29, 0.717) is 22.4 Å². The summed E-state index contributed by atoms with van der Waals surface area (Å²) in [6.07, 6.45) is 1.80. The number of benzene rings is 3. The van der Waals surface area contributed by atoms with Crippen LogP contribution in [0.5, 0.6) is 0 Å². The highest BCUT2D eigenvalue weighted by molar-refractivity contribution is 9.10. The molecule has 1 aliphatic heterocycles. The van der Waals surface area contributed by atoms with E-state index in [4.69, 9.17) is 9.41 Å². The van der Waals surface area contributed by atoms with Crippen LogP contribution >= 0.6 is 27.7 Å². The quantitative estimate of drug-likeness (QED) is 0.248. The summed E-state index contributed by atoms with van der Waals surface area (Å²) >= 11 is 4.98. The van der Waals surface area contributed by atoms with E-state index < -0.39 is 0 Å². The molecule has 168 valence electrons. The van der Waals surface area contributed by atoms with E-state index in [1.165, 1.54) is 17.3 Å². The Kier molecular flexibility index (Phi) is 6.52. The van der Waals surface area contributed by atoms with Crippen LogP contribution < -0.4 is 0 Å². The molecule has 0 bridgehead atoms. The Labute approximate surface area is 211 Å². The summed E-state index contributed by atoms with van der Waals surface area (Å²) in [5, 5.41) is 0.652. The zero-order chi connectivity index (χ0) is 23.5. The van der Waals surface area contributed by atoms with E-state index in [1.807, 2.05) is 91.9 Å². The summed E-state index contributed by atoms with van der Waals surface area (Å²) in [7, 11) is 0. The Morgan fingerprint density at radius 3 is 2.44 bits per heavy atom. The van der Waals surface area contributed by atoms with E-state index in [0.717, 1.165) is 27.0 Å². The van der Waals surface area contributed by atoms with Gasteiger partial charge in [-0.15, -0.1) is 0 Å². The largest absolute Gasteiger partial charge is 0.457 e. The molecule has 5 rings (SSSR count). The number of carbonyl (C=O) groups is 1. The number of halogens is 1. The van der Waals surface area contributed by atoms with Crippen molar-refractivity contribution in [3.8, 4) is 11.3 Å². The molecule has 1 aromatic heterocycles. The molecular formula is C28H21BrN2O2S. The van der Waals surface area contributed by atoms with Crippen LogP contribution in [0.3, 0.4) is 0 Å². The minimum atomic E-state index is -0.0852. The fourth-order valence-corrected chi connectivity index (χ4v) is 5.30. The fraction of sp³-hybridized carbons (Fsp3) is 0.0714. The molecule has 0 unspecified atom stereocenters. The van der Waals surface area contributed by atoms with Crippen LogP contribution in [0.15, 0.2) is 110 Å². The Morgan fingerprint density at radius 1 is 0.971 bits per heavy atom. The standard InChI is InChI=1S/C28H21BrN2O2S/c1-19-12-14-23(24(29)16-19)25-15-13-22(33-25)17-26-27(32)31(18-20-8-4-2-5-9-20)28(34-26)30-21-10-6-3-7-11-21/h2-17H,18H2,1H3/b26-17+,30-28?. The fourth-order valence-electron chi connectivity index (χ4n) is 3.63. The molecule has 0 atom stereocenters. The van der Waals surface area contributed by atoms with Crippen LogP contribution in [0.25, 0.3) is 17.4 Å². The number of aryl methyl sites for hydroxylation is 1. The molecule has 2 heterocycles. The van der Waals surface area contributed by atoms with Crippen molar-refractivity contribution in [1.29, 1.82) is 0 Å². The molecule has 1 aliphatic rings. The maximum Gasteiger partial charge on any atom is 0.267 e. The number of amides is 1. The predicted octanol–water partition coefficient (Wildman–Crippen LogP) is 7.82. The first-order chi connectivity index (χ1) is 16.6. The molecule has 0 saturated carbocycles. The van der Waals surface area contributed by atoms with Crippen LogP contribution in [0.4, 0.5) is 5.69 Å². The van der Waals surface area contributed by atoms with Gasteiger partial charge in [-0.3, -0.25) is 9.69 Å². The van der Waals surface area contributed by atoms with Gasteiger partial charge in [0.15, 0.2) is 5.17 Å². The van der Waals surface area contributed by atoms with E-state index in [1.54, 1.807) is 11.0 Å². The highest BCUT2D eigenvalue weighted by atomic mass is 79.9. The van der Waals surface area contributed by atoms with Gasteiger partial charge in [-0.2, -0.15) is 0 Å². The van der Waals surface area contributed by atoms with E-state index >= 15 is 0 Å². The van der Waals surface area contributed by atoms with E-state index in [9.17, 15) is 4.79 Å². The number of carbonyl (C=O) groups excluding carboxylic acids is 1. The second kappa shape index (κ2) is 9.87. The molecule has 0 N–H and O–H groups in total. The molecule has 4 aromatic rings. The number of hydrogen-bond donors (Lipinski definition) is 0. The first-order valence-corrected chi connectivity index (χ1v) is 12.4. The molecule has 0 spiro atoms. The lowest BCUT2D eigenvalue weighted by Crippen LogP contribution is -2.28. The number of hydrogen-bond acceptors (Lipinski definition) is 4. The van der Waals surface area contributed by atoms with Gasteiger partial charge in [0, 0.05) is 16.1 Å². The molecule has 3 aromatic carbocycles. The Hall–Kier alpha value is -3.35. The normalized spacial score (nSPS) is 16.1. The van der Waals surface area contributed by atoms with Crippen molar-refractivity contribution in [2.75, 3.05) is 0 Å². The predicted molar refractivity (Wildman–Crippen MR) is 143 cm³/mol. The third kappa shape index (κ3) is 4.93. The molecule has 1 amide bonds.